The first-order chi connectivity index (χ1) is 9.58. The summed E-state index contributed by atoms with van der Waals surface area (Å²) < 4.78 is 16.5. The van der Waals surface area contributed by atoms with Crippen LogP contribution >= 0.6 is 0 Å². The van der Waals surface area contributed by atoms with Gasteiger partial charge in [0.1, 0.15) is 23.4 Å². The van der Waals surface area contributed by atoms with Gasteiger partial charge in [0.05, 0.1) is 14.2 Å². The van der Waals surface area contributed by atoms with Crippen LogP contribution in [0.15, 0.2) is 18.2 Å². The molecule has 0 bridgehead atoms. The van der Waals surface area contributed by atoms with Gasteiger partial charge in [0, 0.05) is 24.7 Å². The van der Waals surface area contributed by atoms with Gasteiger partial charge in [-0.1, -0.05) is 20.8 Å². The summed E-state index contributed by atoms with van der Waals surface area (Å²) in [5.41, 5.74) is 0. The van der Waals surface area contributed by atoms with Crippen LogP contribution in [0.2, 0.25) is 0 Å². The van der Waals surface area contributed by atoms with Gasteiger partial charge in [0.2, 0.25) is 0 Å². The Morgan fingerprint density at radius 2 is 1.50 bits per heavy atom. The van der Waals surface area contributed by atoms with Crippen LogP contribution in [-0.4, -0.2) is 33.4 Å². The van der Waals surface area contributed by atoms with Crippen LogP contribution < -0.4 is 19.5 Å². The second kappa shape index (κ2) is 8.69. The molecule has 1 atom stereocenters. The molecule has 0 fully saturated rings. The van der Waals surface area contributed by atoms with E-state index < -0.39 is 0 Å². The standard InChI is InChI=1S/C16H27NO3/c1-6-13(11-17-10-12(2)3)20-16-8-14(18-4)7-15(9-16)19-5/h7-9,12-13,17H,6,10-11H2,1-5H3. The fraction of sp³-hybridized carbons (Fsp3) is 0.625. The van der Waals surface area contributed by atoms with Crippen molar-refractivity contribution in [3.8, 4) is 17.2 Å². The van der Waals surface area contributed by atoms with Crippen LogP contribution in [0, 0.1) is 5.92 Å². The highest BCUT2D eigenvalue weighted by molar-refractivity contribution is 5.42. The van der Waals surface area contributed by atoms with Crippen molar-refractivity contribution in [2.45, 2.75) is 33.3 Å². The van der Waals surface area contributed by atoms with Crippen LogP contribution in [0.3, 0.4) is 0 Å². The first-order valence-electron chi connectivity index (χ1n) is 7.19. The van der Waals surface area contributed by atoms with E-state index in [0.29, 0.717) is 5.92 Å². The second-order valence-corrected chi connectivity index (χ2v) is 5.25. The van der Waals surface area contributed by atoms with Crippen molar-refractivity contribution < 1.29 is 14.2 Å². The molecular formula is C16H27NO3. The number of methoxy groups -OCH3 is 2. The molecule has 0 aliphatic rings. The third kappa shape index (κ3) is 5.70. The molecule has 1 aromatic carbocycles. The normalized spacial score (nSPS) is 12.3. The number of hydrogen-bond donors (Lipinski definition) is 1. The molecule has 0 heterocycles. The first-order valence-corrected chi connectivity index (χ1v) is 7.19. The maximum atomic E-state index is 6.01. The molecule has 0 aliphatic heterocycles. The lowest BCUT2D eigenvalue weighted by atomic mass is 10.2. The van der Waals surface area contributed by atoms with Crippen molar-refractivity contribution in [2.24, 2.45) is 5.92 Å². The van der Waals surface area contributed by atoms with Crippen molar-refractivity contribution in [2.75, 3.05) is 27.3 Å². The quantitative estimate of drug-likeness (QED) is 0.755. The number of nitrogens with one attached hydrogen (secondary N) is 1. The van der Waals surface area contributed by atoms with E-state index in [1.54, 1.807) is 14.2 Å². The van der Waals surface area contributed by atoms with Gasteiger partial charge in [0.25, 0.3) is 0 Å². The highest BCUT2D eigenvalue weighted by Crippen LogP contribution is 2.28. The molecule has 4 nitrogen and oxygen atoms in total. The SMILES string of the molecule is CCC(CNCC(C)C)Oc1cc(OC)cc(OC)c1. The average Bonchev–Trinajstić information content (AvgIpc) is 2.45. The predicted molar refractivity (Wildman–Crippen MR) is 82.0 cm³/mol. The fourth-order valence-corrected chi connectivity index (χ4v) is 1.84. The minimum absolute atomic E-state index is 0.144. The Morgan fingerprint density at radius 3 is 1.95 bits per heavy atom. The third-order valence-electron chi connectivity index (χ3n) is 3.01. The van der Waals surface area contributed by atoms with E-state index in [-0.39, 0.29) is 6.10 Å². The fourth-order valence-electron chi connectivity index (χ4n) is 1.84. The summed E-state index contributed by atoms with van der Waals surface area (Å²) in [5, 5.41) is 3.43. The predicted octanol–water partition coefficient (Wildman–Crippen LogP) is 3.11. The highest BCUT2D eigenvalue weighted by atomic mass is 16.5. The number of rotatable bonds is 9. The van der Waals surface area contributed by atoms with Crippen LogP contribution in [0.5, 0.6) is 17.2 Å². The van der Waals surface area contributed by atoms with Crippen molar-refractivity contribution in [3.63, 3.8) is 0 Å². The van der Waals surface area contributed by atoms with Crippen molar-refractivity contribution in [1.29, 1.82) is 0 Å². The van der Waals surface area contributed by atoms with E-state index in [1.807, 2.05) is 18.2 Å². The van der Waals surface area contributed by atoms with E-state index in [1.165, 1.54) is 0 Å². The molecular weight excluding hydrogens is 254 g/mol. The second-order valence-electron chi connectivity index (χ2n) is 5.25. The summed E-state index contributed by atoms with van der Waals surface area (Å²) >= 11 is 0. The smallest absolute Gasteiger partial charge is 0.127 e. The van der Waals surface area contributed by atoms with Crippen LogP contribution in [-0.2, 0) is 0 Å². The Hall–Kier alpha value is -1.42. The zero-order valence-corrected chi connectivity index (χ0v) is 13.2. The monoisotopic (exact) mass is 281 g/mol. The zero-order valence-electron chi connectivity index (χ0n) is 13.2. The average molecular weight is 281 g/mol. The van der Waals surface area contributed by atoms with Gasteiger partial charge in [-0.15, -0.1) is 0 Å². The van der Waals surface area contributed by atoms with Gasteiger partial charge in [-0.25, -0.2) is 0 Å². The van der Waals surface area contributed by atoms with Crippen molar-refractivity contribution in [3.05, 3.63) is 18.2 Å². The molecule has 0 saturated heterocycles. The molecule has 0 amide bonds. The highest BCUT2D eigenvalue weighted by Gasteiger charge is 2.10. The Morgan fingerprint density at radius 1 is 0.950 bits per heavy atom. The Bertz CT molecular complexity index is 371. The molecule has 0 radical (unpaired) electrons. The van der Waals surface area contributed by atoms with E-state index in [0.717, 1.165) is 36.8 Å². The molecule has 4 heteroatoms. The maximum absolute atomic E-state index is 6.01. The summed E-state index contributed by atoms with van der Waals surface area (Å²) in [6.45, 7) is 8.36. The first kappa shape index (κ1) is 16.6. The Labute approximate surface area is 122 Å². The summed E-state index contributed by atoms with van der Waals surface area (Å²) in [6, 6.07) is 5.60. The minimum atomic E-state index is 0.144. The number of hydrogen-bond acceptors (Lipinski definition) is 4. The molecule has 0 aromatic heterocycles. The van der Waals surface area contributed by atoms with E-state index in [4.69, 9.17) is 14.2 Å². The zero-order chi connectivity index (χ0) is 15.0. The molecule has 1 N–H and O–H groups in total. The van der Waals surface area contributed by atoms with Gasteiger partial charge in [-0.3, -0.25) is 0 Å². The van der Waals surface area contributed by atoms with E-state index in [9.17, 15) is 0 Å². The lowest BCUT2D eigenvalue weighted by Gasteiger charge is -2.20. The summed E-state index contributed by atoms with van der Waals surface area (Å²) in [4.78, 5) is 0. The molecule has 20 heavy (non-hydrogen) atoms. The lowest BCUT2D eigenvalue weighted by molar-refractivity contribution is 0.190. The molecule has 1 unspecified atom stereocenters. The topological polar surface area (TPSA) is 39.7 Å². The summed E-state index contributed by atoms with van der Waals surface area (Å²) in [7, 11) is 3.28. The summed E-state index contributed by atoms with van der Waals surface area (Å²) in [6.07, 6.45) is 1.09. The van der Waals surface area contributed by atoms with E-state index >= 15 is 0 Å². The molecule has 114 valence electrons. The Balaban J connectivity index is 2.64. The van der Waals surface area contributed by atoms with Crippen LogP contribution in [0.25, 0.3) is 0 Å². The van der Waals surface area contributed by atoms with Crippen molar-refractivity contribution >= 4 is 0 Å². The van der Waals surface area contributed by atoms with E-state index in [2.05, 4.69) is 26.1 Å². The Kier molecular flexibility index (Phi) is 7.23. The van der Waals surface area contributed by atoms with Crippen molar-refractivity contribution in [1.82, 2.24) is 5.32 Å². The molecule has 0 spiro atoms. The number of ether oxygens (including phenoxy) is 3. The molecule has 1 aromatic rings. The van der Waals surface area contributed by atoms with Gasteiger partial charge < -0.3 is 19.5 Å². The largest absolute Gasteiger partial charge is 0.496 e. The van der Waals surface area contributed by atoms with Gasteiger partial charge in [0.15, 0.2) is 0 Å². The third-order valence-corrected chi connectivity index (χ3v) is 3.01. The summed E-state index contributed by atoms with van der Waals surface area (Å²) in [5.74, 6) is 2.90. The number of benzene rings is 1. The lowest BCUT2D eigenvalue weighted by Crippen LogP contribution is -2.33. The molecule has 0 saturated carbocycles. The minimum Gasteiger partial charge on any atom is -0.496 e. The van der Waals surface area contributed by atoms with Gasteiger partial charge in [-0.05, 0) is 18.9 Å². The molecule has 0 aliphatic carbocycles. The van der Waals surface area contributed by atoms with Crippen LogP contribution in [0.4, 0.5) is 0 Å². The van der Waals surface area contributed by atoms with Gasteiger partial charge in [-0.2, -0.15) is 0 Å². The van der Waals surface area contributed by atoms with Gasteiger partial charge >= 0.3 is 0 Å². The molecule has 1 rings (SSSR count). The van der Waals surface area contributed by atoms with Crippen LogP contribution in [0.1, 0.15) is 27.2 Å². The maximum Gasteiger partial charge on any atom is 0.127 e.